The Morgan fingerprint density at radius 2 is 1.86 bits per heavy atom. The van der Waals surface area contributed by atoms with E-state index in [1.165, 1.54) is 5.56 Å². The van der Waals surface area contributed by atoms with Crippen molar-refractivity contribution in [2.75, 3.05) is 26.2 Å². The van der Waals surface area contributed by atoms with Crippen LogP contribution >= 0.6 is 0 Å². The molecule has 1 amide bonds. The number of benzene rings is 1. The summed E-state index contributed by atoms with van der Waals surface area (Å²) in [5.74, 6) is 1.27. The summed E-state index contributed by atoms with van der Waals surface area (Å²) >= 11 is 0. The molecule has 8 nitrogen and oxygen atoms in total. The third-order valence-electron chi connectivity index (χ3n) is 7.33. The van der Waals surface area contributed by atoms with Crippen LogP contribution in [0, 0.1) is 0 Å². The molecular weight excluding hydrogens is 452 g/mol. The SMILES string of the molecule is CC(C)(C)OC(=O)N1CC(c2nc3cnc4[nH]ccc4c3n2C2CCN(Cc3ccccc3)CC2)C1. The summed E-state index contributed by atoms with van der Waals surface area (Å²) in [6.07, 6.45) is 5.72. The number of hydrogen-bond donors (Lipinski definition) is 1. The van der Waals surface area contributed by atoms with E-state index in [0.717, 1.165) is 60.4 Å². The number of imidazole rings is 1. The van der Waals surface area contributed by atoms with Crippen LogP contribution in [0.15, 0.2) is 48.8 Å². The molecule has 2 fully saturated rings. The van der Waals surface area contributed by atoms with E-state index in [1.807, 2.05) is 33.2 Å². The van der Waals surface area contributed by atoms with E-state index in [-0.39, 0.29) is 12.0 Å². The fraction of sp³-hybridized carbons (Fsp3) is 0.464. The summed E-state index contributed by atoms with van der Waals surface area (Å²) in [5.41, 5.74) is 3.85. The fourth-order valence-electron chi connectivity index (χ4n) is 5.56. The van der Waals surface area contributed by atoms with Crippen LogP contribution in [-0.4, -0.2) is 67.2 Å². The van der Waals surface area contributed by atoms with Gasteiger partial charge in [0.25, 0.3) is 0 Å². The van der Waals surface area contributed by atoms with Crippen LogP contribution < -0.4 is 0 Å². The molecule has 8 heteroatoms. The van der Waals surface area contributed by atoms with Crippen LogP contribution in [0.3, 0.4) is 0 Å². The number of nitrogens with one attached hydrogen (secondary N) is 1. The number of ether oxygens (including phenoxy) is 1. The van der Waals surface area contributed by atoms with E-state index in [9.17, 15) is 4.79 Å². The van der Waals surface area contributed by atoms with Crippen molar-refractivity contribution in [3.8, 4) is 0 Å². The van der Waals surface area contributed by atoms with Gasteiger partial charge in [0, 0.05) is 50.3 Å². The molecule has 0 saturated carbocycles. The number of piperidine rings is 1. The minimum Gasteiger partial charge on any atom is -0.444 e. The van der Waals surface area contributed by atoms with Gasteiger partial charge in [0.1, 0.15) is 22.6 Å². The summed E-state index contributed by atoms with van der Waals surface area (Å²) in [6.45, 7) is 10.1. The van der Waals surface area contributed by atoms with Gasteiger partial charge in [0.2, 0.25) is 0 Å². The van der Waals surface area contributed by atoms with Crippen molar-refractivity contribution in [1.29, 1.82) is 0 Å². The van der Waals surface area contributed by atoms with E-state index in [4.69, 9.17) is 9.72 Å². The Morgan fingerprint density at radius 3 is 2.58 bits per heavy atom. The van der Waals surface area contributed by atoms with Crippen molar-refractivity contribution >= 4 is 28.2 Å². The first-order chi connectivity index (χ1) is 17.4. The molecule has 36 heavy (non-hydrogen) atoms. The maximum atomic E-state index is 12.6. The minimum absolute atomic E-state index is 0.196. The lowest BCUT2D eigenvalue weighted by atomic mass is 9.97. The van der Waals surface area contributed by atoms with Crippen LogP contribution in [-0.2, 0) is 11.3 Å². The maximum absolute atomic E-state index is 12.6. The molecule has 0 unspecified atom stereocenters. The Bertz CT molecular complexity index is 1370. The van der Waals surface area contributed by atoms with Gasteiger partial charge in [-0.2, -0.15) is 0 Å². The van der Waals surface area contributed by atoms with Crippen molar-refractivity contribution < 1.29 is 9.53 Å². The topological polar surface area (TPSA) is 79.3 Å². The molecule has 4 aromatic rings. The number of carbonyl (C=O) groups excluding carboxylic acids is 1. The zero-order valence-electron chi connectivity index (χ0n) is 21.3. The van der Waals surface area contributed by atoms with Crippen molar-refractivity contribution in [3.63, 3.8) is 0 Å². The Balaban J connectivity index is 1.26. The quantitative estimate of drug-likeness (QED) is 0.435. The van der Waals surface area contributed by atoms with E-state index in [1.54, 1.807) is 4.90 Å². The van der Waals surface area contributed by atoms with E-state index in [2.05, 4.69) is 55.8 Å². The Labute approximate surface area is 211 Å². The molecule has 0 spiro atoms. The summed E-state index contributed by atoms with van der Waals surface area (Å²) in [7, 11) is 0. The number of nitrogens with zero attached hydrogens (tertiary/aromatic N) is 5. The van der Waals surface area contributed by atoms with Crippen LogP contribution in [0.25, 0.3) is 22.1 Å². The van der Waals surface area contributed by atoms with Crippen molar-refractivity contribution in [2.24, 2.45) is 0 Å². The lowest BCUT2D eigenvalue weighted by Crippen LogP contribution is -2.51. The summed E-state index contributed by atoms with van der Waals surface area (Å²) in [4.78, 5) is 29.8. The molecule has 3 aromatic heterocycles. The van der Waals surface area contributed by atoms with Crippen LogP contribution in [0.1, 0.15) is 57.0 Å². The molecule has 2 aliphatic rings. The van der Waals surface area contributed by atoms with Crippen molar-refractivity contribution in [2.45, 2.75) is 57.7 Å². The van der Waals surface area contributed by atoms with Crippen molar-refractivity contribution in [1.82, 2.24) is 29.3 Å². The number of H-pyrrole nitrogens is 1. The second-order valence-electron chi connectivity index (χ2n) is 11.1. The first kappa shape index (κ1) is 23.0. The van der Waals surface area contributed by atoms with E-state index >= 15 is 0 Å². The number of likely N-dealkylation sites (tertiary alicyclic amines) is 2. The third-order valence-corrected chi connectivity index (χ3v) is 7.33. The van der Waals surface area contributed by atoms with Gasteiger partial charge in [-0.1, -0.05) is 30.3 Å². The molecule has 0 bridgehead atoms. The zero-order valence-corrected chi connectivity index (χ0v) is 21.3. The van der Waals surface area contributed by atoms with Gasteiger partial charge < -0.3 is 19.2 Å². The normalized spacial score (nSPS) is 18.1. The predicted octanol–water partition coefficient (Wildman–Crippen LogP) is 5.08. The largest absolute Gasteiger partial charge is 0.444 e. The third kappa shape index (κ3) is 4.34. The highest BCUT2D eigenvalue weighted by atomic mass is 16.6. The number of carbonyl (C=O) groups is 1. The summed E-state index contributed by atoms with van der Waals surface area (Å²) in [5, 5.41) is 1.11. The van der Waals surface area contributed by atoms with Gasteiger partial charge in [-0.05, 0) is 45.2 Å². The second kappa shape index (κ2) is 8.92. The van der Waals surface area contributed by atoms with Crippen molar-refractivity contribution in [3.05, 3.63) is 60.2 Å². The Kier molecular flexibility index (Phi) is 5.71. The number of aromatic nitrogens is 4. The summed E-state index contributed by atoms with van der Waals surface area (Å²) in [6, 6.07) is 13.2. The van der Waals surface area contributed by atoms with Gasteiger partial charge in [-0.3, -0.25) is 4.90 Å². The summed E-state index contributed by atoms with van der Waals surface area (Å²) < 4.78 is 8.06. The van der Waals surface area contributed by atoms with Gasteiger partial charge in [0.15, 0.2) is 0 Å². The molecule has 1 N–H and O–H groups in total. The number of aromatic amines is 1. The first-order valence-electron chi connectivity index (χ1n) is 12.9. The van der Waals surface area contributed by atoms with Gasteiger partial charge >= 0.3 is 6.09 Å². The predicted molar refractivity (Wildman–Crippen MR) is 140 cm³/mol. The number of pyridine rings is 1. The Morgan fingerprint density at radius 1 is 1.11 bits per heavy atom. The smallest absolute Gasteiger partial charge is 0.410 e. The zero-order chi connectivity index (χ0) is 24.9. The molecule has 2 aliphatic heterocycles. The number of fused-ring (bicyclic) bond motifs is 3. The second-order valence-corrected chi connectivity index (χ2v) is 11.1. The molecule has 6 rings (SSSR count). The maximum Gasteiger partial charge on any atom is 0.410 e. The van der Waals surface area contributed by atoms with E-state index < -0.39 is 5.60 Å². The lowest BCUT2D eigenvalue weighted by Gasteiger charge is -2.41. The minimum atomic E-state index is -0.491. The highest BCUT2D eigenvalue weighted by Gasteiger charge is 2.39. The van der Waals surface area contributed by atoms with Gasteiger partial charge in [0.05, 0.1) is 17.6 Å². The van der Waals surface area contributed by atoms with Crippen LogP contribution in [0.4, 0.5) is 4.79 Å². The number of rotatable bonds is 4. The molecule has 0 atom stereocenters. The molecule has 0 aliphatic carbocycles. The first-order valence-corrected chi connectivity index (χ1v) is 12.9. The standard InChI is InChI=1S/C28H34N6O2/c1-28(2,3)36-27(35)33-17-20(18-33)26-31-23-15-30-25-22(9-12-29-25)24(23)34(26)21-10-13-32(14-11-21)16-19-7-5-4-6-8-19/h4-9,12,15,20-21H,10-11,13-14,16-18H2,1-3H3,(H,29,30). The number of hydrogen-bond acceptors (Lipinski definition) is 5. The molecule has 1 aromatic carbocycles. The van der Waals surface area contributed by atoms with Crippen LogP contribution in [0.2, 0.25) is 0 Å². The molecule has 188 valence electrons. The highest BCUT2D eigenvalue weighted by Crippen LogP contribution is 2.37. The van der Waals surface area contributed by atoms with Crippen LogP contribution in [0.5, 0.6) is 0 Å². The monoisotopic (exact) mass is 486 g/mol. The van der Waals surface area contributed by atoms with Gasteiger partial charge in [-0.15, -0.1) is 0 Å². The van der Waals surface area contributed by atoms with Gasteiger partial charge in [-0.25, -0.2) is 14.8 Å². The van der Waals surface area contributed by atoms with E-state index in [0.29, 0.717) is 19.1 Å². The fourth-order valence-corrected chi connectivity index (χ4v) is 5.56. The Hall–Kier alpha value is -3.39. The average Bonchev–Trinajstić information content (AvgIpc) is 3.42. The average molecular weight is 487 g/mol. The molecule has 0 radical (unpaired) electrons. The molecular formula is C28H34N6O2. The molecule has 2 saturated heterocycles. The number of amides is 1. The highest BCUT2D eigenvalue weighted by molar-refractivity contribution is 6.01. The lowest BCUT2D eigenvalue weighted by molar-refractivity contribution is 0.00706. The molecule has 5 heterocycles.